The Morgan fingerprint density at radius 3 is 1.56 bits per heavy atom. The van der Waals surface area contributed by atoms with Crippen molar-refractivity contribution in [3.05, 3.63) is 34.4 Å². The molecule has 0 saturated heterocycles. The van der Waals surface area contributed by atoms with Gasteiger partial charge < -0.3 is 9.47 Å². The summed E-state index contributed by atoms with van der Waals surface area (Å²) in [5, 5.41) is 0. The van der Waals surface area contributed by atoms with Crippen LogP contribution >= 0.6 is 0 Å². The average molecular weight is 475 g/mol. The number of unbranched alkanes of at least 4 members (excludes halogenated alkanes) is 4. The third kappa shape index (κ3) is 11.1. The molecule has 0 atom stereocenters. The number of carbonyl (C=O) groups is 2. The maximum absolute atomic E-state index is 13.0. The van der Waals surface area contributed by atoms with Crippen LogP contribution in [0, 0.1) is 11.8 Å². The molecule has 0 unspecified atom stereocenters. The number of esters is 2. The van der Waals surface area contributed by atoms with Crippen molar-refractivity contribution in [3.63, 3.8) is 0 Å². The molecule has 0 aliphatic rings. The third-order valence-electron chi connectivity index (χ3n) is 6.19. The van der Waals surface area contributed by atoms with Gasteiger partial charge in [-0.15, -0.1) is 0 Å². The molecular formula is C30H50O4. The zero-order valence-corrected chi connectivity index (χ0v) is 23.2. The highest BCUT2D eigenvalue weighted by atomic mass is 16.5. The lowest BCUT2D eigenvalue weighted by molar-refractivity contribution is 0.0450. The first kappa shape index (κ1) is 30.2. The molecule has 0 fully saturated rings. The molecular weight excluding hydrogens is 424 g/mol. The van der Waals surface area contributed by atoms with Gasteiger partial charge in [-0.2, -0.15) is 0 Å². The van der Waals surface area contributed by atoms with Crippen molar-refractivity contribution in [3.8, 4) is 0 Å². The highest BCUT2D eigenvalue weighted by Crippen LogP contribution is 2.30. The van der Waals surface area contributed by atoms with Gasteiger partial charge in [0.2, 0.25) is 0 Å². The zero-order valence-electron chi connectivity index (χ0n) is 23.2. The quantitative estimate of drug-likeness (QED) is 0.189. The van der Waals surface area contributed by atoms with E-state index < -0.39 is 11.9 Å². The fraction of sp³-hybridized carbons (Fsp3) is 0.733. The van der Waals surface area contributed by atoms with Crippen molar-refractivity contribution >= 4 is 11.9 Å². The molecule has 194 valence electrons. The molecule has 0 amide bonds. The minimum Gasteiger partial charge on any atom is -0.462 e. The van der Waals surface area contributed by atoms with Crippen LogP contribution in [0.1, 0.15) is 139 Å². The summed E-state index contributed by atoms with van der Waals surface area (Å²) in [7, 11) is 0. The second-order valence-electron chi connectivity index (χ2n) is 11.4. The van der Waals surface area contributed by atoms with Crippen molar-refractivity contribution in [2.45, 2.75) is 119 Å². The summed E-state index contributed by atoms with van der Waals surface area (Å²) in [5.74, 6) is 0.531. The Hall–Kier alpha value is -1.84. The molecule has 0 spiro atoms. The van der Waals surface area contributed by atoms with Gasteiger partial charge >= 0.3 is 11.9 Å². The maximum atomic E-state index is 13.0. The Bertz CT molecular complexity index is 756. The Balaban J connectivity index is 2.92. The highest BCUT2D eigenvalue weighted by molar-refractivity contribution is 6.03. The van der Waals surface area contributed by atoms with Crippen molar-refractivity contribution in [1.82, 2.24) is 0 Å². The Morgan fingerprint density at radius 2 is 1.18 bits per heavy atom. The molecule has 0 radical (unpaired) electrons. The van der Waals surface area contributed by atoms with E-state index in [0.717, 1.165) is 56.1 Å². The van der Waals surface area contributed by atoms with Gasteiger partial charge in [-0.25, -0.2) is 9.59 Å². The molecule has 0 bridgehead atoms. The van der Waals surface area contributed by atoms with Gasteiger partial charge in [0, 0.05) is 0 Å². The lowest BCUT2D eigenvalue weighted by Crippen LogP contribution is -2.20. The normalized spacial score (nSPS) is 11.8. The molecule has 4 heteroatoms. The predicted molar refractivity (Wildman–Crippen MR) is 142 cm³/mol. The van der Waals surface area contributed by atoms with Gasteiger partial charge in [-0.1, -0.05) is 93.9 Å². The zero-order chi connectivity index (χ0) is 25.7. The maximum Gasteiger partial charge on any atom is 0.339 e. The van der Waals surface area contributed by atoms with Crippen LogP contribution in [-0.2, 0) is 21.3 Å². The highest BCUT2D eigenvalue weighted by Gasteiger charge is 2.26. The van der Waals surface area contributed by atoms with Crippen LogP contribution in [0.15, 0.2) is 12.1 Å². The first-order valence-corrected chi connectivity index (χ1v) is 13.5. The van der Waals surface area contributed by atoms with E-state index in [1.807, 2.05) is 12.1 Å². The molecule has 1 rings (SSSR count). The molecule has 34 heavy (non-hydrogen) atoms. The first-order valence-electron chi connectivity index (χ1n) is 13.5. The lowest BCUT2D eigenvalue weighted by Gasteiger charge is -2.24. The molecule has 0 heterocycles. The van der Waals surface area contributed by atoms with Gasteiger partial charge in [0.1, 0.15) is 0 Å². The molecule has 0 aliphatic carbocycles. The number of ether oxygens (including phenoxy) is 2. The summed E-state index contributed by atoms with van der Waals surface area (Å²) in [6.45, 7) is 18.1. The van der Waals surface area contributed by atoms with E-state index in [4.69, 9.17) is 9.47 Å². The van der Waals surface area contributed by atoms with Crippen LogP contribution in [0.4, 0.5) is 0 Å². The summed E-state index contributed by atoms with van der Waals surface area (Å²) in [6, 6.07) is 3.71. The first-order chi connectivity index (χ1) is 16.0. The van der Waals surface area contributed by atoms with Gasteiger partial charge in [0.15, 0.2) is 0 Å². The summed E-state index contributed by atoms with van der Waals surface area (Å²) < 4.78 is 11.2. The van der Waals surface area contributed by atoms with E-state index in [1.54, 1.807) is 0 Å². The van der Waals surface area contributed by atoms with Gasteiger partial charge in [0.05, 0.1) is 24.3 Å². The summed E-state index contributed by atoms with van der Waals surface area (Å²) in [6.07, 6.45) is 9.22. The van der Waals surface area contributed by atoms with Crippen LogP contribution in [-0.4, -0.2) is 25.2 Å². The monoisotopic (exact) mass is 474 g/mol. The van der Waals surface area contributed by atoms with Crippen molar-refractivity contribution in [2.24, 2.45) is 11.8 Å². The Kier molecular flexibility index (Phi) is 13.5. The second-order valence-corrected chi connectivity index (χ2v) is 11.4. The fourth-order valence-corrected chi connectivity index (χ4v) is 4.12. The van der Waals surface area contributed by atoms with E-state index in [1.165, 1.54) is 12.8 Å². The van der Waals surface area contributed by atoms with Crippen LogP contribution in [0.3, 0.4) is 0 Å². The van der Waals surface area contributed by atoms with Crippen LogP contribution < -0.4 is 0 Å². The van der Waals surface area contributed by atoms with Gasteiger partial charge in [-0.3, -0.25) is 0 Å². The summed E-state index contributed by atoms with van der Waals surface area (Å²) in [4.78, 5) is 26.0. The summed E-state index contributed by atoms with van der Waals surface area (Å²) >= 11 is 0. The molecule has 1 aromatic rings. The number of carbonyl (C=O) groups excluding carboxylic acids is 2. The molecule has 1 aromatic carbocycles. The minimum atomic E-state index is -0.430. The fourth-order valence-electron chi connectivity index (χ4n) is 4.12. The standard InChI is InChI=1S/C30H50O4/c1-9-24-20-25(28(31)33-18-14-10-12-16-22(2)3)26(21-27(24)30(6,7)8)29(32)34-19-15-11-13-17-23(4)5/h20-23H,9-19H2,1-8H3. The molecule has 0 N–H and O–H groups in total. The molecule has 0 aliphatic heterocycles. The van der Waals surface area contributed by atoms with Crippen LogP contribution in [0.2, 0.25) is 0 Å². The molecule has 0 aromatic heterocycles. The van der Waals surface area contributed by atoms with E-state index in [2.05, 4.69) is 55.4 Å². The van der Waals surface area contributed by atoms with Gasteiger partial charge in [0.25, 0.3) is 0 Å². The topological polar surface area (TPSA) is 52.6 Å². The van der Waals surface area contributed by atoms with Gasteiger partial charge in [-0.05, 0) is 59.8 Å². The number of aryl methyl sites for hydroxylation is 1. The van der Waals surface area contributed by atoms with E-state index in [0.29, 0.717) is 36.2 Å². The number of benzene rings is 1. The van der Waals surface area contributed by atoms with E-state index in [-0.39, 0.29) is 5.41 Å². The van der Waals surface area contributed by atoms with Crippen LogP contribution in [0.25, 0.3) is 0 Å². The lowest BCUT2D eigenvalue weighted by atomic mass is 9.81. The Morgan fingerprint density at radius 1 is 0.735 bits per heavy atom. The number of hydrogen-bond donors (Lipinski definition) is 0. The predicted octanol–water partition coefficient (Wildman–Crippen LogP) is 8.29. The van der Waals surface area contributed by atoms with Crippen molar-refractivity contribution in [1.29, 1.82) is 0 Å². The SMILES string of the molecule is CCc1cc(C(=O)OCCCCCC(C)C)c(C(=O)OCCCCCC(C)C)cc1C(C)(C)C. The number of hydrogen-bond acceptors (Lipinski definition) is 4. The largest absolute Gasteiger partial charge is 0.462 e. The van der Waals surface area contributed by atoms with E-state index >= 15 is 0 Å². The minimum absolute atomic E-state index is 0.143. The third-order valence-corrected chi connectivity index (χ3v) is 6.19. The second kappa shape index (κ2) is 15.2. The van der Waals surface area contributed by atoms with Crippen LogP contribution in [0.5, 0.6) is 0 Å². The molecule has 4 nitrogen and oxygen atoms in total. The molecule has 0 saturated carbocycles. The summed E-state index contributed by atoms with van der Waals surface area (Å²) in [5.41, 5.74) is 2.66. The smallest absolute Gasteiger partial charge is 0.339 e. The van der Waals surface area contributed by atoms with E-state index in [9.17, 15) is 9.59 Å². The Labute approximate surface area is 209 Å². The number of rotatable bonds is 15. The average Bonchev–Trinajstić information content (AvgIpc) is 2.76. The van der Waals surface area contributed by atoms with Crippen molar-refractivity contribution < 1.29 is 19.1 Å². The van der Waals surface area contributed by atoms with Crippen molar-refractivity contribution in [2.75, 3.05) is 13.2 Å².